The van der Waals surface area contributed by atoms with Crippen molar-refractivity contribution in [1.29, 1.82) is 0 Å². The summed E-state index contributed by atoms with van der Waals surface area (Å²) in [5.74, 6) is 0.976. The van der Waals surface area contributed by atoms with Crippen LogP contribution in [0.3, 0.4) is 0 Å². The summed E-state index contributed by atoms with van der Waals surface area (Å²) in [4.78, 5) is 7.43. The number of imidazole rings is 1. The molecule has 6 rings (SSSR count). The van der Waals surface area contributed by atoms with Crippen LogP contribution in [0.25, 0.3) is 11.0 Å². The molecule has 2 saturated heterocycles. The van der Waals surface area contributed by atoms with Crippen molar-refractivity contribution >= 4 is 22.6 Å². The highest BCUT2D eigenvalue weighted by Crippen LogP contribution is 2.36. The summed E-state index contributed by atoms with van der Waals surface area (Å²) in [6.07, 6.45) is 3.18. The maximum Gasteiger partial charge on any atom is 0.131 e. The van der Waals surface area contributed by atoms with Crippen LogP contribution in [0.15, 0.2) is 54.6 Å². The van der Waals surface area contributed by atoms with Crippen LogP contribution in [0.5, 0.6) is 5.75 Å². The molecule has 3 heterocycles. The first-order valence-corrected chi connectivity index (χ1v) is 14.0. The fraction of sp³-hybridized carbons (Fsp3) is 0.387. The highest BCUT2D eigenvalue weighted by atomic mass is 35.5. The van der Waals surface area contributed by atoms with Crippen molar-refractivity contribution in [1.82, 2.24) is 14.5 Å². The molecule has 0 unspecified atom stereocenters. The van der Waals surface area contributed by atoms with Crippen LogP contribution in [0.2, 0.25) is 5.02 Å². The molecule has 2 fully saturated rings. The third kappa shape index (κ3) is 5.81. The summed E-state index contributed by atoms with van der Waals surface area (Å²) in [5.41, 5.74) is 4.77. The number of halogens is 3. The molecule has 8 heteroatoms. The molecule has 0 saturated carbocycles. The number of nitrogens with zero attached hydrogens (tertiary/aromatic N) is 3. The Kier molecular flexibility index (Phi) is 7.56. The van der Waals surface area contributed by atoms with Gasteiger partial charge in [0, 0.05) is 23.3 Å². The molecule has 0 bridgehead atoms. The van der Waals surface area contributed by atoms with Gasteiger partial charge in [-0.1, -0.05) is 29.8 Å². The third-order valence-electron chi connectivity index (χ3n) is 7.93. The molecule has 0 aliphatic carbocycles. The van der Waals surface area contributed by atoms with Crippen LogP contribution < -0.4 is 4.74 Å². The number of hydrogen-bond donors (Lipinski definition) is 0. The Hall–Kier alpha value is -3.00. The quantitative estimate of drug-likeness (QED) is 0.236. The molecular weight excluding hydrogens is 520 g/mol. The Bertz CT molecular complexity index is 1480. The smallest absolute Gasteiger partial charge is 0.131 e. The van der Waals surface area contributed by atoms with Crippen molar-refractivity contribution < 1.29 is 18.3 Å². The number of aryl methyl sites for hydroxylation is 1. The van der Waals surface area contributed by atoms with Gasteiger partial charge in [0.1, 0.15) is 29.8 Å². The number of likely N-dealkylation sites (tertiary alicyclic amines) is 1. The van der Waals surface area contributed by atoms with Gasteiger partial charge in [0.25, 0.3) is 0 Å². The maximum absolute atomic E-state index is 14.3. The lowest BCUT2D eigenvalue weighted by Gasteiger charge is -2.33. The zero-order valence-corrected chi connectivity index (χ0v) is 22.8. The van der Waals surface area contributed by atoms with Crippen LogP contribution in [-0.4, -0.2) is 40.3 Å². The topological polar surface area (TPSA) is 39.5 Å². The van der Waals surface area contributed by atoms with E-state index < -0.39 is 5.82 Å². The van der Waals surface area contributed by atoms with Gasteiger partial charge >= 0.3 is 0 Å². The second-order valence-corrected chi connectivity index (χ2v) is 11.1. The molecule has 1 aromatic heterocycles. The zero-order chi connectivity index (χ0) is 26.9. The lowest BCUT2D eigenvalue weighted by Crippen LogP contribution is -2.35. The van der Waals surface area contributed by atoms with Crippen LogP contribution >= 0.6 is 11.6 Å². The van der Waals surface area contributed by atoms with Crippen LogP contribution in [0, 0.1) is 18.6 Å². The molecule has 4 aromatic rings. The summed E-state index contributed by atoms with van der Waals surface area (Å²) in [7, 11) is 0. The van der Waals surface area contributed by atoms with E-state index in [0.29, 0.717) is 16.3 Å². The van der Waals surface area contributed by atoms with Crippen LogP contribution in [0.1, 0.15) is 47.7 Å². The minimum Gasteiger partial charge on any atom is -0.488 e. The first-order valence-electron chi connectivity index (χ1n) is 13.6. The van der Waals surface area contributed by atoms with Gasteiger partial charge in [-0.15, -0.1) is 0 Å². The Morgan fingerprint density at radius 1 is 1.03 bits per heavy atom. The standard InChI is InChI=1S/C31H32ClF2N3O2/c1-20-2-7-28-29(14-20)37(17-25-10-13-38-25)31(35-28)18-36-11-8-21(9-12-36)26-6-5-24(33)16-30(26)39-19-22-3-4-23(32)15-27(22)34/h2-7,14-16,21,25H,8-13,17-19H2,1H3/t25-/m0/s1. The SMILES string of the molecule is Cc1ccc2nc(CN3CCC(c4ccc(F)cc4OCc4ccc(Cl)cc4F)CC3)n(C[C@@H]3CCO3)c2c1. The van der Waals surface area contributed by atoms with Crippen molar-refractivity contribution in [2.45, 2.75) is 57.9 Å². The summed E-state index contributed by atoms with van der Waals surface area (Å²) in [5, 5.41) is 0.330. The molecule has 204 valence electrons. The number of benzene rings is 3. The molecular formula is C31H32ClF2N3O2. The zero-order valence-electron chi connectivity index (χ0n) is 22.0. The van der Waals surface area contributed by atoms with Gasteiger partial charge in [0.2, 0.25) is 0 Å². The average molecular weight is 552 g/mol. The Morgan fingerprint density at radius 3 is 2.59 bits per heavy atom. The molecule has 5 nitrogen and oxygen atoms in total. The molecule has 2 aliphatic heterocycles. The molecule has 1 atom stereocenters. The summed E-state index contributed by atoms with van der Waals surface area (Å²) in [6, 6.07) is 15.6. The molecule has 0 radical (unpaired) electrons. The van der Waals surface area contributed by atoms with E-state index in [0.717, 1.165) is 69.0 Å². The minimum absolute atomic E-state index is 0.0126. The second kappa shape index (κ2) is 11.2. The van der Waals surface area contributed by atoms with Gasteiger partial charge in [0.05, 0.1) is 30.2 Å². The predicted octanol–water partition coefficient (Wildman–Crippen LogP) is 7.02. The van der Waals surface area contributed by atoms with Crippen LogP contribution in [-0.2, 0) is 24.4 Å². The van der Waals surface area contributed by atoms with Gasteiger partial charge in [0.15, 0.2) is 0 Å². The van der Waals surface area contributed by atoms with E-state index in [-0.39, 0.29) is 24.4 Å². The van der Waals surface area contributed by atoms with Crippen molar-refractivity contribution in [2.75, 3.05) is 19.7 Å². The minimum atomic E-state index is -0.432. The van der Waals surface area contributed by atoms with Crippen molar-refractivity contribution in [3.63, 3.8) is 0 Å². The van der Waals surface area contributed by atoms with Gasteiger partial charge in [-0.25, -0.2) is 13.8 Å². The number of piperidine rings is 1. The maximum atomic E-state index is 14.3. The van der Waals surface area contributed by atoms with E-state index >= 15 is 0 Å². The van der Waals surface area contributed by atoms with Crippen molar-refractivity contribution in [2.24, 2.45) is 0 Å². The van der Waals surface area contributed by atoms with Gasteiger partial charge in [-0.2, -0.15) is 0 Å². The molecule has 0 amide bonds. The third-order valence-corrected chi connectivity index (χ3v) is 8.16. The van der Waals surface area contributed by atoms with Crippen molar-refractivity contribution in [3.8, 4) is 5.75 Å². The second-order valence-electron chi connectivity index (χ2n) is 10.7. The Labute approximate surface area is 232 Å². The van der Waals surface area contributed by atoms with E-state index in [1.165, 1.54) is 29.3 Å². The molecule has 0 N–H and O–H groups in total. The summed E-state index contributed by atoms with van der Waals surface area (Å²) < 4.78 is 42.4. The van der Waals surface area contributed by atoms with E-state index in [1.54, 1.807) is 12.1 Å². The average Bonchev–Trinajstić information content (AvgIpc) is 3.22. The largest absolute Gasteiger partial charge is 0.488 e. The normalized spacial score (nSPS) is 18.4. The monoisotopic (exact) mass is 551 g/mol. The number of fused-ring (bicyclic) bond motifs is 1. The highest BCUT2D eigenvalue weighted by molar-refractivity contribution is 6.30. The Morgan fingerprint density at radius 2 is 1.85 bits per heavy atom. The lowest BCUT2D eigenvalue weighted by atomic mass is 9.88. The molecule has 39 heavy (non-hydrogen) atoms. The lowest BCUT2D eigenvalue weighted by molar-refractivity contribution is -0.0592. The number of rotatable bonds is 8. The van der Waals surface area contributed by atoms with E-state index in [1.807, 2.05) is 6.07 Å². The summed E-state index contributed by atoms with van der Waals surface area (Å²) in [6.45, 7) is 6.36. The van der Waals surface area contributed by atoms with Gasteiger partial charge in [-0.05, 0) is 86.7 Å². The number of hydrogen-bond acceptors (Lipinski definition) is 4. The Balaban J connectivity index is 1.14. The molecule has 0 spiro atoms. The van der Waals surface area contributed by atoms with Gasteiger partial charge < -0.3 is 14.0 Å². The van der Waals surface area contributed by atoms with E-state index in [4.69, 9.17) is 26.1 Å². The van der Waals surface area contributed by atoms with E-state index in [2.05, 4.69) is 34.6 Å². The fourth-order valence-corrected chi connectivity index (χ4v) is 5.76. The van der Waals surface area contributed by atoms with Crippen LogP contribution in [0.4, 0.5) is 8.78 Å². The van der Waals surface area contributed by atoms with Crippen molar-refractivity contribution in [3.05, 3.63) is 93.8 Å². The number of ether oxygens (including phenoxy) is 2. The highest BCUT2D eigenvalue weighted by Gasteiger charge is 2.27. The molecule has 2 aliphatic rings. The fourth-order valence-electron chi connectivity index (χ4n) is 5.61. The first-order chi connectivity index (χ1) is 18.9. The summed E-state index contributed by atoms with van der Waals surface area (Å²) >= 11 is 5.87. The first kappa shape index (κ1) is 26.2. The molecule has 3 aromatic carbocycles. The predicted molar refractivity (Wildman–Crippen MR) is 148 cm³/mol. The number of aromatic nitrogens is 2. The van der Waals surface area contributed by atoms with E-state index in [9.17, 15) is 8.78 Å². The van der Waals surface area contributed by atoms with Gasteiger partial charge in [-0.3, -0.25) is 4.90 Å².